The smallest absolute Gasteiger partial charge is 0.319 e. The number of piperidine rings is 1. The average Bonchev–Trinajstić information content (AvgIpc) is 2.73. The second-order valence-electron chi connectivity index (χ2n) is 7.14. The third kappa shape index (κ3) is 2.74. The van der Waals surface area contributed by atoms with Crippen molar-refractivity contribution in [3.63, 3.8) is 0 Å². The van der Waals surface area contributed by atoms with Gasteiger partial charge in [-0.1, -0.05) is 54.6 Å². The monoisotopic (exact) mass is 380 g/mol. The number of hydrogen-bond acceptors (Lipinski definition) is 5. The zero-order valence-electron chi connectivity index (χ0n) is 15.4. The highest BCUT2D eigenvalue weighted by atomic mass is 16.6. The summed E-state index contributed by atoms with van der Waals surface area (Å²) >= 11 is 0. The molecule has 144 valence electrons. The van der Waals surface area contributed by atoms with Crippen LogP contribution in [0.25, 0.3) is 0 Å². The fourth-order valence-electron chi connectivity index (χ4n) is 4.63. The fraction of sp³-hybridized carbons (Fsp3) is 0.333. The molecular weight excluding hydrogens is 360 g/mol. The van der Waals surface area contributed by atoms with Gasteiger partial charge in [0.15, 0.2) is 0 Å². The van der Waals surface area contributed by atoms with Crippen LogP contribution in [0.4, 0.5) is 0 Å². The lowest BCUT2D eigenvalue weighted by atomic mass is 9.70. The molecule has 2 aliphatic heterocycles. The lowest BCUT2D eigenvalue weighted by molar-refractivity contribution is -0.539. The molecule has 0 N–H and O–H groups in total. The van der Waals surface area contributed by atoms with Gasteiger partial charge in [-0.25, -0.2) is 0 Å². The third-order valence-corrected chi connectivity index (χ3v) is 5.81. The van der Waals surface area contributed by atoms with Gasteiger partial charge in [0.1, 0.15) is 12.0 Å². The summed E-state index contributed by atoms with van der Waals surface area (Å²) in [6.07, 6.45) is 0.604. The number of methoxy groups -OCH3 is 1. The molecule has 0 saturated carbocycles. The molecule has 2 aliphatic rings. The molecule has 7 heteroatoms. The minimum absolute atomic E-state index is 0.347. The van der Waals surface area contributed by atoms with Crippen molar-refractivity contribution in [3.05, 3.63) is 81.4 Å². The number of amides is 1. The highest BCUT2D eigenvalue weighted by Gasteiger charge is 2.59. The number of carbonyl (C=O) groups is 2. The molecule has 0 aromatic heterocycles. The van der Waals surface area contributed by atoms with E-state index in [4.69, 9.17) is 4.74 Å². The largest absolute Gasteiger partial charge is 0.468 e. The van der Waals surface area contributed by atoms with E-state index in [1.165, 1.54) is 12.0 Å². The quantitative estimate of drug-likeness (QED) is 0.353. The van der Waals surface area contributed by atoms with Crippen LogP contribution in [0.2, 0.25) is 0 Å². The first-order chi connectivity index (χ1) is 13.5. The van der Waals surface area contributed by atoms with Crippen LogP contribution in [0.5, 0.6) is 0 Å². The molecule has 2 aromatic carbocycles. The highest BCUT2D eigenvalue weighted by Crippen LogP contribution is 2.47. The summed E-state index contributed by atoms with van der Waals surface area (Å²) in [5.41, 5.74) is 2.38. The Hall–Kier alpha value is -3.22. The number of nitrogens with zero attached hydrogens (tertiary/aromatic N) is 2. The summed E-state index contributed by atoms with van der Waals surface area (Å²) in [4.78, 5) is 39.3. The summed E-state index contributed by atoms with van der Waals surface area (Å²) in [7, 11) is 1.20. The van der Waals surface area contributed by atoms with Gasteiger partial charge >= 0.3 is 5.97 Å². The van der Waals surface area contributed by atoms with Crippen molar-refractivity contribution in [1.82, 2.24) is 4.90 Å². The van der Waals surface area contributed by atoms with E-state index in [9.17, 15) is 19.7 Å². The van der Waals surface area contributed by atoms with Crippen molar-refractivity contribution in [2.45, 2.75) is 24.4 Å². The van der Waals surface area contributed by atoms with E-state index in [0.29, 0.717) is 18.5 Å². The van der Waals surface area contributed by atoms with Crippen molar-refractivity contribution in [3.8, 4) is 0 Å². The molecule has 0 radical (unpaired) electrons. The standard InChI is InChI=1S/C21H20N2O5/c1-28-21(25)17-16(14-8-3-2-4-9-14)19(23(26)27)18-15-10-6-5-7-13(15)11-12-22(18)20(17)24/h2-10,16-19H,11-12H2,1H3/t16-,17-,18-,19+/m1/s1. The first-order valence-corrected chi connectivity index (χ1v) is 9.19. The maximum atomic E-state index is 13.3. The molecule has 1 saturated heterocycles. The number of carbonyl (C=O) groups excluding carboxylic acids is 2. The van der Waals surface area contributed by atoms with E-state index in [0.717, 1.165) is 11.1 Å². The van der Waals surface area contributed by atoms with Crippen molar-refractivity contribution in [1.29, 1.82) is 0 Å². The second-order valence-corrected chi connectivity index (χ2v) is 7.14. The molecule has 4 rings (SSSR count). The highest BCUT2D eigenvalue weighted by molar-refractivity contribution is 6.00. The van der Waals surface area contributed by atoms with Crippen LogP contribution in [0, 0.1) is 16.0 Å². The number of nitro groups is 1. The van der Waals surface area contributed by atoms with Crippen molar-refractivity contribution in [2.75, 3.05) is 13.7 Å². The molecule has 1 fully saturated rings. The minimum atomic E-state index is -1.23. The van der Waals surface area contributed by atoms with E-state index in [-0.39, 0.29) is 4.92 Å². The van der Waals surface area contributed by atoms with E-state index in [2.05, 4.69) is 0 Å². The van der Waals surface area contributed by atoms with Gasteiger partial charge in [-0.3, -0.25) is 19.7 Å². The van der Waals surface area contributed by atoms with E-state index >= 15 is 0 Å². The lowest BCUT2D eigenvalue weighted by Gasteiger charge is -2.46. The molecular formula is C21H20N2O5. The Kier molecular flexibility index (Phi) is 4.58. The summed E-state index contributed by atoms with van der Waals surface area (Å²) in [6.45, 7) is 0.347. The minimum Gasteiger partial charge on any atom is -0.468 e. The van der Waals surface area contributed by atoms with E-state index < -0.39 is 35.8 Å². The Bertz CT molecular complexity index is 929. The molecule has 28 heavy (non-hydrogen) atoms. The number of fused-ring (bicyclic) bond motifs is 3. The summed E-state index contributed by atoms with van der Waals surface area (Å²) in [6, 6.07) is 14.4. The Morgan fingerprint density at radius 1 is 1.14 bits per heavy atom. The van der Waals surface area contributed by atoms with Gasteiger partial charge in [0.2, 0.25) is 11.9 Å². The van der Waals surface area contributed by atoms with Gasteiger partial charge in [-0.15, -0.1) is 0 Å². The van der Waals surface area contributed by atoms with Gasteiger partial charge in [0.25, 0.3) is 0 Å². The topological polar surface area (TPSA) is 89.8 Å². The molecule has 0 bridgehead atoms. The van der Waals surface area contributed by atoms with Gasteiger partial charge in [0.05, 0.1) is 13.0 Å². The molecule has 0 spiro atoms. The molecule has 0 unspecified atom stereocenters. The average molecular weight is 380 g/mol. The van der Waals surface area contributed by atoms with Gasteiger partial charge < -0.3 is 9.64 Å². The first-order valence-electron chi connectivity index (χ1n) is 9.19. The second kappa shape index (κ2) is 7.07. The van der Waals surface area contributed by atoms with Gasteiger partial charge in [-0.2, -0.15) is 0 Å². The molecule has 2 heterocycles. The van der Waals surface area contributed by atoms with E-state index in [1.54, 1.807) is 30.3 Å². The molecule has 2 aromatic rings. The van der Waals surface area contributed by atoms with Crippen LogP contribution in [-0.2, 0) is 20.7 Å². The fourth-order valence-corrected chi connectivity index (χ4v) is 4.63. The Balaban J connectivity index is 1.92. The predicted molar refractivity (Wildman–Crippen MR) is 100 cm³/mol. The van der Waals surface area contributed by atoms with Crippen LogP contribution in [0.1, 0.15) is 28.7 Å². The Morgan fingerprint density at radius 2 is 1.82 bits per heavy atom. The van der Waals surface area contributed by atoms with Crippen LogP contribution in [0.3, 0.4) is 0 Å². The summed E-state index contributed by atoms with van der Waals surface area (Å²) < 4.78 is 4.88. The Morgan fingerprint density at radius 3 is 2.50 bits per heavy atom. The lowest BCUT2D eigenvalue weighted by Crippen LogP contribution is -2.60. The maximum Gasteiger partial charge on any atom is 0.319 e. The normalized spacial score (nSPS) is 26.2. The summed E-state index contributed by atoms with van der Waals surface area (Å²) in [5, 5.41) is 12.3. The van der Waals surface area contributed by atoms with E-state index in [1.807, 2.05) is 24.3 Å². The van der Waals surface area contributed by atoms with Crippen LogP contribution in [0.15, 0.2) is 54.6 Å². The van der Waals surface area contributed by atoms with Crippen molar-refractivity contribution < 1.29 is 19.2 Å². The number of hydrogen-bond donors (Lipinski definition) is 0. The summed E-state index contributed by atoms with van der Waals surface area (Å²) in [5.74, 6) is -3.27. The molecule has 0 aliphatic carbocycles. The third-order valence-electron chi connectivity index (χ3n) is 5.81. The Labute approximate surface area is 162 Å². The van der Waals surface area contributed by atoms with Crippen molar-refractivity contribution >= 4 is 11.9 Å². The first kappa shape index (κ1) is 18.2. The number of benzene rings is 2. The van der Waals surface area contributed by atoms with Crippen molar-refractivity contribution in [2.24, 2.45) is 5.92 Å². The van der Waals surface area contributed by atoms with Gasteiger partial charge in [-0.05, 0) is 23.1 Å². The molecule has 7 nitrogen and oxygen atoms in total. The molecule has 1 amide bonds. The van der Waals surface area contributed by atoms with Gasteiger partial charge in [0, 0.05) is 11.5 Å². The number of esters is 1. The number of rotatable bonds is 3. The van der Waals surface area contributed by atoms with Crippen LogP contribution in [-0.4, -0.2) is 41.4 Å². The SMILES string of the molecule is COC(=O)[C@H]1C(=O)N2CCc3ccccc3[C@@H]2[C@@H]([N+](=O)[O-])[C@@H]1c1ccccc1. The maximum absolute atomic E-state index is 13.3. The predicted octanol–water partition coefficient (Wildman–Crippen LogP) is 2.34. The van der Waals surface area contributed by atoms with Crippen LogP contribution >= 0.6 is 0 Å². The molecule has 4 atom stereocenters. The zero-order chi connectivity index (χ0) is 19.8. The number of ether oxygens (including phenoxy) is 1. The zero-order valence-corrected chi connectivity index (χ0v) is 15.4. The van der Waals surface area contributed by atoms with Crippen LogP contribution < -0.4 is 0 Å².